The Balaban J connectivity index is 2.41. The number of rotatable bonds is 5. The summed E-state index contributed by atoms with van der Waals surface area (Å²) in [5, 5.41) is 15.4. The van der Waals surface area contributed by atoms with E-state index in [4.69, 9.17) is 5.11 Å². The maximum Gasteiger partial charge on any atom is 0.308 e. The van der Waals surface area contributed by atoms with Gasteiger partial charge in [0.05, 0.1) is 5.92 Å². The van der Waals surface area contributed by atoms with Crippen LogP contribution >= 0.6 is 0 Å². The number of carbonyl (C=O) groups excluding carboxylic acids is 1. The minimum atomic E-state index is -1.08. The van der Waals surface area contributed by atoms with Crippen LogP contribution in [0.5, 0.6) is 0 Å². The molecule has 0 bridgehead atoms. The topological polar surface area (TPSA) is 101 Å². The van der Waals surface area contributed by atoms with Crippen LogP contribution < -0.4 is 10.7 Å². The summed E-state index contributed by atoms with van der Waals surface area (Å²) >= 11 is 0. The lowest BCUT2D eigenvalue weighted by Gasteiger charge is -2.18. The number of carboxylic acids is 1. The van der Waals surface area contributed by atoms with Gasteiger partial charge in [0.2, 0.25) is 5.43 Å². The fourth-order valence-corrected chi connectivity index (χ4v) is 2.19. The third kappa shape index (κ3) is 3.90. The smallest absolute Gasteiger partial charge is 0.308 e. The summed E-state index contributed by atoms with van der Waals surface area (Å²) in [5.74, 6) is -3.28. The first kappa shape index (κ1) is 18.3. The second-order valence-corrected chi connectivity index (χ2v) is 5.75. The number of nitrogens with one attached hydrogen (secondary N) is 1. The van der Waals surface area contributed by atoms with Gasteiger partial charge in [0.1, 0.15) is 11.5 Å². The molecule has 1 amide bonds. The number of halogens is 1. The molecule has 2 rings (SSSR count). The minimum Gasteiger partial charge on any atom is -0.481 e. The second kappa shape index (κ2) is 7.25. The fourth-order valence-electron chi connectivity index (χ4n) is 2.19. The molecule has 8 heteroatoms. The van der Waals surface area contributed by atoms with Crippen LogP contribution in [0.1, 0.15) is 30.0 Å². The molecule has 0 aliphatic heterocycles. The number of carboxylic acid groups (broad SMARTS) is 1. The number of nitrogens with zero attached hydrogens (tertiary/aromatic N) is 2. The van der Waals surface area contributed by atoms with Gasteiger partial charge in [-0.25, -0.2) is 9.07 Å². The normalized spacial score (nSPS) is 13.1. The summed E-state index contributed by atoms with van der Waals surface area (Å²) in [5.41, 5.74) is -0.601. The molecule has 1 heterocycles. The summed E-state index contributed by atoms with van der Waals surface area (Å²) in [6, 6.07) is 6.29. The van der Waals surface area contributed by atoms with Crippen LogP contribution in [0, 0.1) is 18.7 Å². The summed E-state index contributed by atoms with van der Waals surface area (Å²) < 4.78 is 15.2. The molecule has 25 heavy (non-hydrogen) atoms. The zero-order chi connectivity index (χ0) is 18.7. The average molecular weight is 347 g/mol. The van der Waals surface area contributed by atoms with Gasteiger partial charge >= 0.3 is 5.97 Å². The molecule has 0 radical (unpaired) electrons. The van der Waals surface area contributed by atoms with Crippen LogP contribution in [0.2, 0.25) is 0 Å². The van der Waals surface area contributed by atoms with Gasteiger partial charge in [-0.05, 0) is 32.9 Å². The van der Waals surface area contributed by atoms with E-state index < -0.39 is 40.8 Å². The zero-order valence-electron chi connectivity index (χ0n) is 14.0. The van der Waals surface area contributed by atoms with Crippen molar-refractivity contribution >= 4 is 11.9 Å². The Bertz CT molecular complexity index is 878. The molecule has 2 aromatic rings. The third-order valence-corrected chi connectivity index (χ3v) is 3.90. The lowest BCUT2D eigenvalue weighted by molar-refractivity contribution is -0.141. The largest absolute Gasteiger partial charge is 0.481 e. The molecule has 0 aliphatic carbocycles. The molecule has 1 aromatic heterocycles. The number of hydrogen-bond donors (Lipinski definition) is 2. The van der Waals surface area contributed by atoms with Crippen LogP contribution in [0.3, 0.4) is 0 Å². The van der Waals surface area contributed by atoms with Crippen LogP contribution in [0.4, 0.5) is 4.39 Å². The summed E-state index contributed by atoms with van der Waals surface area (Å²) in [6.07, 6.45) is 0. The molecule has 0 aliphatic rings. The van der Waals surface area contributed by atoms with E-state index in [1.165, 1.54) is 38.1 Å². The van der Waals surface area contributed by atoms with Crippen molar-refractivity contribution in [1.82, 2.24) is 15.1 Å². The van der Waals surface area contributed by atoms with Crippen LogP contribution in [0.25, 0.3) is 5.69 Å². The van der Waals surface area contributed by atoms with E-state index in [0.29, 0.717) is 5.69 Å². The number of aromatic nitrogens is 2. The van der Waals surface area contributed by atoms with Gasteiger partial charge in [-0.3, -0.25) is 14.4 Å². The van der Waals surface area contributed by atoms with E-state index in [1.54, 1.807) is 13.0 Å². The summed E-state index contributed by atoms with van der Waals surface area (Å²) in [4.78, 5) is 35.4. The van der Waals surface area contributed by atoms with E-state index in [1.807, 2.05) is 0 Å². The first-order chi connectivity index (χ1) is 11.7. The van der Waals surface area contributed by atoms with Gasteiger partial charge in [-0.1, -0.05) is 12.1 Å². The average Bonchev–Trinajstić information content (AvgIpc) is 2.54. The summed E-state index contributed by atoms with van der Waals surface area (Å²) in [7, 11) is 0. The Morgan fingerprint density at radius 3 is 2.52 bits per heavy atom. The number of hydrogen-bond acceptors (Lipinski definition) is 4. The van der Waals surface area contributed by atoms with E-state index in [-0.39, 0.29) is 5.69 Å². The second-order valence-electron chi connectivity index (χ2n) is 5.75. The minimum absolute atomic E-state index is 0.0982. The number of benzene rings is 1. The highest BCUT2D eigenvalue weighted by Crippen LogP contribution is 2.13. The predicted octanol–water partition coefficient (Wildman–Crippen LogP) is 1.52. The van der Waals surface area contributed by atoms with Crippen LogP contribution in [-0.2, 0) is 4.79 Å². The predicted molar refractivity (Wildman–Crippen MR) is 88.3 cm³/mol. The Morgan fingerprint density at radius 2 is 1.92 bits per heavy atom. The molecule has 0 fully saturated rings. The van der Waals surface area contributed by atoms with Crippen molar-refractivity contribution in [3.05, 3.63) is 57.8 Å². The van der Waals surface area contributed by atoms with Crippen molar-refractivity contribution < 1.29 is 19.1 Å². The first-order valence-electron chi connectivity index (χ1n) is 7.62. The van der Waals surface area contributed by atoms with Gasteiger partial charge in [0.15, 0.2) is 5.69 Å². The lowest BCUT2D eigenvalue weighted by Crippen LogP contribution is -2.42. The molecule has 0 saturated carbocycles. The summed E-state index contributed by atoms with van der Waals surface area (Å²) in [6.45, 7) is 4.52. The standard InChI is InChI=1S/C17H18FN3O4/c1-9-8-14(22)15(16(23)19-11(3)10(2)17(24)25)20-21(9)13-7-5-4-6-12(13)18/h4-8,10-11H,1-3H3,(H,19,23)(H,24,25). The monoisotopic (exact) mass is 347 g/mol. The van der Waals surface area contributed by atoms with Crippen molar-refractivity contribution in [3.8, 4) is 5.69 Å². The number of aryl methyl sites for hydroxylation is 1. The Hall–Kier alpha value is -3.03. The Kier molecular flexibility index (Phi) is 5.31. The first-order valence-corrected chi connectivity index (χ1v) is 7.62. The number of aliphatic carboxylic acids is 1. The van der Waals surface area contributed by atoms with Crippen molar-refractivity contribution in [3.63, 3.8) is 0 Å². The molecule has 1 aromatic carbocycles. The quantitative estimate of drug-likeness (QED) is 0.854. The molecule has 132 valence electrons. The van der Waals surface area contributed by atoms with Gasteiger partial charge in [0, 0.05) is 17.8 Å². The van der Waals surface area contributed by atoms with Gasteiger partial charge in [-0.15, -0.1) is 0 Å². The van der Waals surface area contributed by atoms with Crippen molar-refractivity contribution in [2.24, 2.45) is 5.92 Å². The van der Waals surface area contributed by atoms with E-state index >= 15 is 0 Å². The zero-order valence-corrected chi connectivity index (χ0v) is 14.0. The van der Waals surface area contributed by atoms with Gasteiger partial charge in [0.25, 0.3) is 5.91 Å². The van der Waals surface area contributed by atoms with E-state index in [0.717, 1.165) is 4.68 Å². The van der Waals surface area contributed by atoms with E-state index in [2.05, 4.69) is 10.4 Å². The molecule has 2 unspecified atom stereocenters. The molecule has 0 spiro atoms. The molecular weight excluding hydrogens is 329 g/mol. The van der Waals surface area contributed by atoms with Gasteiger partial charge < -0.3 is 10.4 Å². The highest BCUT2D eigenvalue weighted by molar-refractivity contribution is 5.92. The number of amides is 1. The molecule has 2 N–H and O–H groups in total. The maximum absolute atomic E-state index is 14.0. The molecule has 2 atom stereocenters. The number of para-hydroxylation sites is 1. The highest BCUT2D eigenvalue weighted by atomic mass is 19.1. The lowest BCUT2D eigenvalue weighted by atomic mass is 10.0. The third-order valence-electron chi connectivity index (χ3n) is 3.90. The SMILES string of the molecule is Cc1cc(=O)c(C(=O)NC(C)C(C)C(=O)O)nn1-c1ccccc1F. The Morgan fingerprint density at radius 1 is 1.28 bits per heavy atom. The number of carbonyl (C=O) groups is 2. The molecular formula is C17H18FN3O4. The van der Waals surface area contributed by atoms with Crippen molar-refractivity contribution in [1.29, 1.82) is 0 Å². The van der Waals surface area contributed by atoms with E-state index in [9.17, 15) is 18.8 Å². The van der Waals surface area contributed by atoms with Crippen LogP contribution in [-0.4, -0.2) is 32.8 Å². The van der Waals surface area contributed by atoms with Crippen molar-refractivity contribution in [2.75, 3.05) is 0 Å². The van der Waals surface area contributed by atoms with Crippen LogP contribution in [0.15, 0.2) is 35.1 Å². The fraction of sp³-hybridized carbons (Fsp3) is 0.294. The van der Waals surface area contributed by atoms with Crippen molar-refractivity contribution in [2.45, 2.75) is 26.8 Å². The molecule has 7 nitrogen and oxygen atoms in total. The Labute approximate surface area is 143 Å². The highest BCUT2D eigenvalue weighted by Gasteiger charge is 2.24. The van der Waals surface area contributed by atoms with Gasteiger partial charge in [-0.2, -0.15) is 5.10 Å². The molecule has 0 saturated heterocycles. The maximum atomic E-state index is 14.0.